The number of piperidine rings is 1. The number of amides is 1. The third kappa shape index (κ3) is 4.73. The quantitative estimate of drug-likeness (QED) is 0.932. The van der Waals surface area contributed by atoms with Crippen molar-refractivity contribution in [3.8, 4) is 11.5 Å². The van der Waals surface area contributed by atoms with E-state index in [1.165, 1.54) is 29.2 Å². The van der Waals surface area contributed by atoms with Gasteiger partial charge in [0.1, 0.15) is 17.6 Å². The van der Waals surface area contributed by atoms with E-state index in [9.17, 15) is 18.0 Å². The zero-order chi connectivity index (χ0) is 15.5. The number of carbonyl (C=O) groups is 1. The molecule has 1 aromatic carbocycles. The van der Waals surface area contributed by atoms with E-state index in [1.807, 2.05) is 0 Å². The van der Waals surface area contributed by atoms with E-state index in [-0.39, 0.29) is 11.9 Å². The Balaban J connectivity index is 1.85. The van der Waals surface area contributed by atoms with E-state index in [4.69, 9.17) is 9.84 Å². The van der Waals surface area contributed by atoms with Crippen molar-refractivity contribution in [2.24, 2.45) is 0 Å². The molecule has 21 heavy (non-hydrogen) atoms. The fraction of sp³-hybridized carbons (Fsp3) is 0.462. The normalized spacial score (nSPS) is 16.6. The molecule has 0 saturated carbocycles. The van der Waals surface area contributed by atoms with Crippen molar-refractivity contribution in [3.05, 3.63) is 24.3 Å². The number of rotatable bonds is 3. The van der Waals surface area contributed by atoms with Gasteiger partial charge in [-0.2, -0.15) is 0 Å². The Kier molecular flexibility index (Phi) is 4.44. The SMILES string of the molecule is O=C(O)N1CCC(Oc2ccc(OC(F)(F)F)cc2)CC1. The number of hydrogen-bond donors (Lipinski definition) is 1. The number of hydrogen-bond acceptors (Lipinski definition) is 3. The van der Waals surface area contributed by atoms with Gasteiger partial charge >= 0.3 is 12.5 Å². The first kappa shape index (κ1) is 15.3. The summed E-state index contributed by atoms with van der Waals surface area (Å²) in [6, 6.07) is 5.14. The minimum atomic E-state index is -4.72. The summed E-state index contributed by atoms with van der Waals surface area (Å²) in [6.45, 7) is 0.768. The van der Waals surface area contributed by atoms with E-state index >= 15 is 0 Å². The summed E-state index contributed by atoms with van der Waals surface area (Å²) in [4.78, 5) is 12.1. The second-order valence-corrected chi connectivity index (χ2v) is 4.61. The van der Waals surface area contributed by atoms with E-state index in [0.717, 1.165) is 0 Å². The van der Waals surface area contributed by atoms with Crippen LogP contribution >= 0.6 is 0 Å². The summed E-state index contributed by atoms with van der Waals surface area (Å²) in [5.74, 6) is 0.119. The zero-order valence-corrected chi connectivity index (χ0v) is 11.0. The van der Waals surface area contributed by atoms with Crippen molar-refractivity contribution < 1.29 is 32.5 Å². The van der Waals surface area contributed by atoms with Crippen LogP contribution in [-0.4, -0.2) is 41.7 Å². The lowest BCUT2D eigenvalue weighted by Gasteiger charge is -2.30. The van der Waals surface area contributed by atoms with Crippen LogP contribution in [0.4, 0.5) is 18.0 Å². The predicted octanol–water partition coefficient (Wildman–Crippen LogP) is 3.11. The molecular weight excluding hydrogens is 291 g/mol. The van der Waals surface area contributed by atoms with Crippen LogP contribution in [0.15, 0.2) is 24.3 Å². The molecule has 1 fully saturated rings. The van der Waals surface area contributed by atoms with Crippen LogP contribution in [0.2, 0.25) is 0 Å². The number of carboxylic acid groups (broad SMARTS) is 1. The van der Waals surface area contributed by atoms with Gasteiger partial charge in [-0.05, 0) is 24.3 Å². The maximum absolute atomic E-state index is 12.0. The highest BCUT2D eigenvalue weighted by Crippen LogP contribution is 2.26. The fourth-order valence-electron chi connectivity index (χ4n) is 2.08. The van der Waals surface area contributed by atoms with Crippen LogP contribution in [0.3, 0.4) is 0 Å². The summed E-state index contributed by atoms with van der Waals surface area (Å²) in [5.41, 5.74) is 0. The zero-order valence-electron chi connectivity index (χ0n) is 11.0. The Bertz CT molecular complexity index is 481. The predicted molar refractivity (Wildman–Crippen MR) is 66.4 cm³/mol. The van der Waals surface area contributed by atoms with Crippen LogP contribution < -0.4 is 9.47 Å². The number of alkyl halides is 3. The molecule has 1 amide bonds. The van der Waals surface area contributed by atoms with Crippen LogP contribution in [-0.2, 0) is 0 Å². The number of ether oxygens (including phenoxy) is 2. The number of halogens is 3. The molecule has 1 saturated heterocycles. The molecule has 0 aromatic heterocycles. The fourth-order valence-corrected chi connectivity index (χ4v) is 2.08. The van der Waals surface area contributed by atoms with Crippen molar-refractivity contribution in [2.45, 2.75) is 25.3 Å². The molecule has 116 valence electrons. The third-order valence-corrected chi connectivity index (χ3v) is 3.07. The van der Waals surface area contributed by atoms with Gasteiger partial charge in [0.15, 0.2) is 0 Å². The van der Waals surface area contributed by atoms with Gasteiger partial charge in [0, 0.05) is 25.9 Å². The van der Waals surface area contributed by atoms with Crippen molar-refractivity contribution in [2.75, 3.05) is 13.1 Å². The summed E-state index contributed by atoms with van der Waals surface area (Å²) in [7, 11) is 0. The molecule has 1 aliphatic heterocycles. The molecule has 1 heterocycles. The van der Waals surface area contributed by atoms with Gasteiger partial charge in [0.05, 0.1) is 0 Å². The molecule has 2 rings (SSSR count). The Morgan fingerprint density at radius 3 is 2.14 bits per heavy atom. The molecule has 0 spiro atoms. The molecule has 1 aliphatic rings. The van der Waals surface area contributed by atoms with Crippen molar-refractivity contribution in [1.29, 1.82) is 0 Å². The molecule has 5 nitrogen and oxygen atoms in total. The van der Waals surface area contributed by atoms with Gasteiger partial charge in [0.2, 0.25) is 0 Å². The van der Waals surface area contributed by atoms with Crippen LogP contribution in [0.1, 0.15) is 12.8 Å². The molecule has 1 N–H and O–H groups in total. The Labute approximate surface area is 118 Å². The monoisotopic (exact) mass is 305 g/mol. The number of benzene rings is 1. The van der Waals surface area contributed by atoms with Crippen molar-refractivity contribution >= 4 is 6.09 Å². The molecule has 0 unspecified atom stereocenters. The van der Waals surface area contributed by atoms with Gasteiger partial charge < -0.3 is 19.5 Å². The second kappa shape index (κ2) is 6.11. The average molecular weight is 305 g/mol. The lowest BCUT2D eigenvalue weighted by atomic mass is 10.1. The summed E-state index contributed by atoms with van der Waals surface area (Å²) < 4.78 is 45.4. The van der Waals surface area contributed by atoms with Gasteiger partial charge in [0.25, 0.3) is 0 Å². The highest BCUT2D eigenvalue weighted by Gasteiger charge is 2.31. The van der Waals surface area contributed by atoms with Gasteiger partial charge in [-0.3, -0.25) is 0 Å². The molecule has 0 atom stereocenters. The summed E-state index contributed by atoms with van der Waals surface area (Å²) in [5, 5.41) is 8.82. The number of likely N-dealkylation sites (tertiary alicyclic amines) is 1. The first-order valence-corrected chi connectivity index (χ1v) is 6.34. The molecule has 0 radical (unpaired) electrons. The lowest BCUT2D eigenvalue weighted by Crippen LogP contribution is -2.41. The minimum absolute atomic E-state index is 0.144. The van der Waals surface area contributed by atoms with Crippen LogP contribution in [0.5, 0.6) is 11.5 Å². The van der Waals surface area contributed by atoms with E-state index in [0.29, 0.717) is 31.7 Å². The van der Waals surface area contributed by atoms with E-state index in [1.54, 1.807) is 0 Å². The lowest BCUT2D eigenvalue weighted by molar-refractivity contribution is -0.274. The first-order chi connectivity index (χ1) is 9.83. The van der Waals surface area contributed by atoms with E-state index < -0.39 is 12.5 Å². The van der Waals surface area contributed by atoms with Crippen molar-refractivity contribution in [3.63, 3.8) is 0 Å². The average Bonchev–Trinajstić information content (AvgIpc) is 2.40. The van der Waals surface area contributed by atoms with Gasteiger partial charge in [-0.25, -0.2) is 4.79 Å². The molecular formula is C13H14F3NO4. The smallest absolute Gasteiger partial charge is 0.490 e. The minimum Gasteiger partial charge on any atom is -0.490 e. The first-order valence-electron chi connectivity index (χ1n) is 6.34. The van der Waals surface area contributed by atoms with Crippen LogP contribution in [0, 0.1) is 0 Å². The standard InChI is InChI=1S/C13H14F3NO4/c14-13(15,16)21-11-3-1-9(2-4-11)20-10-5-7-17(8-6-10)12(18)19/h1-4,10H,5-8H2,(H,18,19). The maximum Gasteiger partial charge on any atom is 0.573 e. The van der Waals surface area contributed by atoms with Gasteiger partial charge in [-0.1, -0.05) is 0 Å². The Morgan fingerprint density at radius 2 is 1.67 bits per heavy atom. The largest absolute Gasteiger partial charge is 0.573 e. The Hall–Kier alpha value is -2.12. The highest BCUT2D eigenvalue weighted by molar-refractivity contribution is 5.65. The van der Waals surface area contributed by atoms with Crippen molar-refractivity contribution in [1.82, 2.24) is 4.90 Å². The number of nitrogens with zero attached hydrogens (tertiary/aromatic N) is 1. The van der Waals surface area contributed by atoms with E-state index in [2.05, 4.69) is 4.74 Å². The van der Waals surface area contributed by atoms with Crippen LogP contribution in [0.25, 0.3) is 0 Å². The third-order valence-electron chi connectivity index (χ3n) is 3.07. The highest BCUT2D eigenvalue weighted by atomic mass is 19.4. The Morgan fingerprint density at radius 1 is 1.14 bits per heavy atom. The second-order valence-electron chi connectivity index (χ2n) is 4.61. The maximum atomic E-state index is 12.0. The summed E-state index contributed by atoms with van der Waals surface area (Å²) in [6.07, 6.45) is -4.72. The molecule has 8 heteroatoms. The molecule has 0 aliphatic carbocycles. The molecule has 0 bridgehead atoms. The molecule has 1 aromatic rings. The van der Waals surface area contributed by atoms with Gasteiger partial charge in [-0.15, -0.1) is 13.2 Å². The summed E-state index contributed by atoms with van der Waals surface area (Å²) >= 11 is 0. The topological polar surface area (TPSA) is 59.0 Å².